The fraction of sp³-hybridized carbons (Fsp3) is 0.143. The molecule has 0 saturated carbocycles. The first kappa shape index (κ1) is 13.3. The van der Waals surface area contributed by atoms with E-state index in [2.05, 4.69) is 20.3 Å². The first-order chi connectivity index (χ1) is 10.2. The maximum atomic E-state index is 9.08. The lowest BCUT2D eigenvalue weighted by atomic mass is 10.3. The van der Waals surface area contributed by atoms with Crippen LogP contribution in [0, 0.1) is 11.3 Å². The van der Waals surface area contributed by atoms with E-state index in [0.29, 0.717) is 22.0 Å². The zero-order valence-electron chi connectivity index (χ0n) is 11.2. The highest BCUT2D eigenvalue weighted by molar-refractivity contribution is 6.30. The van der Waals surface area contributed by atoms with Crippen LogP contribution < -0.4 is 5.32 Å². The molecule has 0 aliphatic carbocycles. The lowest BCUT2D eigenvalue weighted by Gasteiger charge is -2.07. The van der Waals surface area contributed by atoms with Gasteiger partial charge in [0.15, 0.2) is 17.0 Å². The van der Waals surface area contributed by atoms with Crippen LogP contribution in [0.15, 0.2) is 30.6 Å². The van der Waals surface area contributed by atoms with E-state index in [1.54, 1.807) is 18.5 Å². The Morgan fingerprint density at radius 3 is 2.71 bits per heavy atom. The molecule has 0 radical (unpaired) electrons. The molecular formula is C14H11ClN6. The summed E-state index contributed by atoms with van der Waals surface area (Å²) in [5, 5.41) is 12.9. The highest BCUT2D eigenvalue weighted by Gasteiger charge is 2.12. The van der Waals surface area contributed by atoms with Gasteiger partial charge in [0, 0.05) is 17.3 Å². The summed E-state index contributed by atoms with van der Waals surface area (Å²) in [5.74, 6) is 0.611. The molecule has 0 fully saturated rings. The number of benzene rings is 1. The number of anilines is 2. The van der Waals surface area contributed by atoms with Crippen molar-refractivity contribution < 1.29 is 0 Å². The number of nitrogens with one attached hydrogen (secondary N) is 1. The summed E-state index contributed by atoms with van der Waals surface area (Å²) in [6.07, 6.45) is 1.69. The summed E-state index contributed by atoms with van der Waals surface area (Å²) in [6.45, 7) is 2.71. The lowest BCUT2D eigenvalue weighted by Crippen LogP contribution is -2.01. The van der Waals surface area contributed by atoms with Crippen LogP contribution in [0.1, 0.15) is 12.7 Å². The Labute approximate surface area is 126 Å². The van der Waals surface area contributed by atoms with Crippen molar-refractivity contribution in [2.75, 3.05) is 5.32 Å². The second kappa shape index (κ2) is 5.38. The minimum absolute atomic E-state index is 0.106. The fourth-order valence-corrected chi connectivity index (χ4v) is 2.11. The minimum Gasteiger partial charge on any atom is -0.338 e. The van der Waals surface area contributed by atoms with Gasteiger partial charge in [-0.25, -0.2) is 4.98 Å². The standard InChI is InChI=1S/C14H11ClN6/c1-2-21-8-17-12-13(19-11(7-16)20-14(12)21)18-10-5-3-9(15)4-6-10/h3-6,8H,2H2,1H3,(H,18,19,20). The summed E-state index contributed by atoms with van der Waals surface area (Å²) >= 11 is 5.87. The van der Waals surface area contributed by atoms with Gasteiger partial charge in [-0.2, -0.15) is 15.2 Å². The van der Waals surface area contributed by atoms with Gasteiger partial charge in [0.05, 0.1) is 6.33 Å². The first-order valence-electron chi connectivity index (χ1n) is 6.37. The summed E-state index contributed by atoms with van der Waals surface area (Å²) in [5.41, 5.74) is 2.08. The van der Waals surface area contributed by atoms with Gasteiger partial charge in [-0.05, 0) is 31.2 Å². The molecule has 21 heavy (non-hydrogen) atoms. The van der Waals surface area contributed by atoms with Gasteiger partial charge >= 0.3 is 0 Å². The monoisotopic (exact) mass is 298 g/mol. The highest BCUT2D eigenvalue weighted by Crippen LogP contribution is 2.23. The Kier molecular flexibility index (Phi) is 3.42. The maximum Gasteiger partial charge on any atom is 0.236 e. The van der Waals surface area contributed by atoms with Crippen LogP contribution in [0.3, 0.4) is 0 Å². The van der Waals surface area contributed by atoms with Gasteiger partial charge in [0.25, 0.3) is 0 Å². The van der Waals surface area contributed by atoms with Crippen molar-refractivity contribution in [1.29, 1.82) is 5.26 Å². The summed E-state index contributed by atoms with van der Waals surface area (Å²) in [7, 11) is 0. The minimum atomic E-state index is 0.106. The molecule has 3 rings (SSSR count). The van der Waals surface area contributed by atoms with Crippen molar-refractivity contribution in [3.8, 4) is 6.07 Å². The van der Waals surface area contributed by atoms with Gasteiger partial charge < -0.3 is 9.88 Å². The van der Waals surface area contributed by atoms with Crippen LogP contribution in [-0.4, -0.2) is 19.5 Å². The first-order valence-corrected chi connectivity index (χ1v) is 6.74. The Bertz CT molecular complexity index is 831. The molecule has 2 aromatic heterocycles. The van der Waals surface area contributed by atoms with E-state index in [1.807, 2.05) is 29.7 Å². The third kappa shape index (κ3) is 2.51. The second-order valence-electron chi connectivity index (χ2n) is 4.34. The largest absolute Gasteiger partial charge is 0.338 e. The molecule has 0 amide bonds. The normalized spacial score (nSPS) is 10.5. The van der Waals surface area contributed by atoms with Crippen LogP contribution in [0.2, 0.25) is 5.02 Å². The van der Waals surface area contributed by atoms with E-state index in [-0.39, 0.29) is 5.82 Å². The Hall–Kier alpha value is -2.65. The van der Waals surface area contributed by atoms with Gasteiger partial charge in [-0.15, -0.1) is 0 Å². The number of rotatable bonds is 3. The summed E-state index contributed by atoms with van der Waals surface area (Å²) in [6, 6.07) is 9.19. The van der Waals surface area contributed by atoms with E-state index in [0.717, 1.165) is 12.2 Å². The van der Waals surface area contributed by atoms with Crippen LogP contribution in [0.4, 0.5) is 11.5 Å². The van der Waals surface area contributed by atoms with Crippen molar-refractivity contribution in [2.24, 2.45) is 0 Å². The predicted octanol–water partition coefficient (Wildman–Crippen LogP) is 3.11. The molecule has 2 heterocycles. The number of hydrogen-bond donors (Lipinski definition) is 1. The molecule has 6 nitrogen and oxygen atoms in total. The van der Waals surface area contributed by atoms with E-state index in [9.17, 15) is 0 Å². The number of hydrogen-bond acceptors (Lipinski definition) is 5. The molecule has 3 aromatic rings. The Balaban J connectivity index is 2.10. The predicted molar refractivity (Wildman–Crippen MR) is 80.4 cm³/mol. The molecule has 0 saturated heterocycles. The number of halogens is 1. The average molecular weight is 299 g/mol. The van der Waals surface area contributed by atoms with Gasteiger partial charge in [-0.1, -0.05) is 11.6 Å². The van der Waals surface area contributed by atoms with Crippen molar-refractivity contribution in [3.05, 3.63) is 41.4 Å². The third-order valence-electron chi connectivity index (χ3n) is 3.01. The fourth-order valence-electron chi connectivity index (χ4n) is 1.98. The van der Waals surface area contributed by atoms with E-state index in [1.165, 1.54) is 0 Å². The number of nitrogens with zero attached hydrogens (tertiary/aromatic N) is 5. The molecule has 0 atom stereocenters. The average Bonchev–Trinajstić information content (AvgIpc) is 2.92. The zero-order valence-corrected chi connectivity index (χ0v) is 12.0. The van der Waals surface area contributed by atoms with Gasteiger partial charge in [0.2, 0.25) is 5.82 Å². The summed E-state index contributed by atoms with van der Waals surface area (Å²) in [4.78, 5) is 12.7. The smallest absolute Gasteiger partial charge is 0.236 e. The van der Waals surface area contributed by atoms with Gasteiger partial charge in [-0.3, -0.25) is 0 Å². The van der Waals surface area contributed by atoms with Crippen LogP contribution in [-0.2, 0) is 6.54 Å². The number of aryl methyl sites for hydroxylation is 1. The molecule has 7 heteroatoms. The highest BCUT2D eigenvalue weighted by atomic mass is 35.5. The number of nitriles is 1. The number of fused-ring (bicyclic) bond motifs is 1. The SMILES string of the molecule is CCn1cnc2c(Nc3ccc(Cl)cc3)nc(C#N)nc21. The molecule has 0 aliphatic heterocycles. The number of imidazole rings is 1. The molecule has 0 unspecified atom stereocenters. The van der Waals surface area contributed by atoms with Crippen molar-refractivity contribution in [2.45, 2.75) is 13.5 Å². The van der Waals surface area contributed by atoms with Crippen LogP contribution in [0.25, 0.3) is 11.2 Å². The summed E-state index contributed by atoms with van der Waals surface area (Å²) < 4.78 is 1.87. The van der Waals surface area contributed by atoms with Crippen molar-refractivity contribution in [3.63, 3.8) is 0 Å². The van der Waals surface area contributed by atoms with Gasteiger partial charge in [0.1, 0.15) is 6.07 Å². The molecular weight excluding hydrogens is 288 g/mol. The molecule has 104 valence electrons. The van der Waals surface area contributed by atoms with E-state index >= 15 is 0 Å². The topological polar surface area (TPSA) is 79.4 Å². The maximum absolute atomic E-state index is 9.08. The number of aromatic nitrogens is 4. The van der Waals surface area contributed by atoms with Crippen molar-refractivity contribution in [1.82, 2.24) is 19.5 Å². The van der Waals surface area contributed by atoms with Crippen LogP contribution in [0.5, 0.6) is 0 Å². The lowest BCUT2D eigenvalue weighted by molar-refractivity contribution is 0.776. The zero-order chi connectivity index (χ0) is 14.8. The molecule has 1 aromatic carbocycles. The third-order valence-corrected chi connectivity index (χ3v) is 3.26. The molecule has 0 bridgehead atoms. The quantitative estimate of drug-likeness (QED) is 0.803. The van der Waals surface area contributed by atoms with Crippen LogP contribution >= 0.6 is 11.6 Å². The second-order valence-corrected chi connectivity index (χ2v) is 4.78. The van der Waals surface area contributed by atoms with E-state index in [4.69, 9.17) is 16.9 Å². The molecule has 0 aliphatic rings. The van der Waals surface area contributed by atoms with E-state index < -0.39 is 0 Å². The Morgan fingerprint density at radius 2 is 2.05 bits per heavy atom. The molecule has 0 spiro atoms. The molecule has 1 N–H and O–H groups in total. The Morgan fingerprint density at radius 1 is 1.29 bits per heavy atom. The van der Waals surface area contributed by atoms with Crippen molar-refractivity contribution >= 4 is 34.3 Å².